The van der Waals surface area contributed by atoms with Gasteiger partial charge in [-0.25, -0.2) is 0 Å². The zero-order valence-electron chi connectivity index (χ0n) is 11.8. The number of ether oxygens (including phenoxy) is 1. The van der Waals surface area contributed by atoms with E-state index in [1.165, 1.54) is 9.75 Å². The Labute approximate surface area is 123 Å². The second-order valence-electron chi connectivity index (χ2n) is 4.49. The van der Waals surface area contributed by atoms with Gasteiger partial charge in [-0.3, -0.25) is 4.79 Å². The summed E-state index contributed by atoms with van der Waals surface area (Å²) in [6.45, 7) is 2.73. The Balaban J connectivity index is 1.89. The first-order valence-corrected chi connectivity index (χ1v) is 7.50. The molecule has 1 heterocycles. The van der Waals surface area contributed by atoms with Gasteiger partial charge < -0.3 is 10.1 Å². The van der Waals surface area contributed by atoms with Gasteiger partial charge in [-0.15, -0.1) is 11.3 Å². The maximum absolute atomic E-state index is 12.0. The van der Waals surface area contributed by atoms with Gasteiger partial charge in [0.2, 0.25) is 5.91 Å². The molecule has 0 fully saturated rings. The number of para-hydroxylation sites is 1. The molecule has 0 aliphatic heterocycles. The van der Waals surface area contributed by atoms with Crippen molar-refractivity contribution in [3.8, 4) is 5.75 Å². The molecular weight excluding hydrogens is 270 g/mol. The van der Waals surface area contributed by atoms with E-state index in [9.17, 15) is 4.79 Å². The number of thiophene rings is 1. The van der Waals surface area contributed by atoms with E-state index in [1.807, 2.05) is 24.3 Å². The molecule has 2 aromatic rings. The summed E-state index contributed by atoms with van der Waals surface area (Å²) in [6.07, 6.45) is 1.38. The number of rotatable bonds is 6. The lowest BCUT2D eigenvalue weighted by atomic mass is 10.1. The molecular formula is C16H19NO2S. The number of nitrogens with one attached hydrogen (secondary N) is 1. The van der Waals surface area contributed by atoms with Crippen LogP contribution in [0.5, 0.6) is 5.75 Å². The van der Waals surface area contributed by atoms with Crippen LogP contribution in [0.15, 0.2) is 36.4 Å². The monoisotopic (exact) mass is 289 g/mol. The smallest absolute Gasteiger partial charge is 0.224 e. The number of carbonyl (C=O) groups is 1. The van der Waals surface area contributed by atoms with Gasteiger partial charge in [0.1, 0.15) is 5.75 Å². The Bertz CT molecular complexity index is 577. The van der Waals surface area contributed by atoms with Crippen LogP contribution < -0.4 is 10.1 Å². The van der Waals surface area contributed by atoms with Crippen molar-refractivity contribution in [2.75, 3.05) is 7.11 Å². The van der Waals surface area contributed by atoms with Gasteiger partial charge in [-0.2, -0.15) is 0 Å². The first-order chi connectivity index (χ1) is 9.72. The Morgan fingerprint density at radius 2 is 1.95 bits per heavy atom. The quantitative estimate of drug-likeness (QED) is 0.887. The van der Waals surface area contributed by atoms with Crippen LogP contribution in [0.4, 0.5) is 0 Å². The average Bonchev–Trinajstić information content (AvgIpc) is 2.94. The minimum atomic E-state index is 0.0148. The highest BCUT2D eigenvalue weighted by Crippen LogP contribution is 2.18. The molecule has 1 aromatic carbocycles. The van der Waals surface area contributed by atoms with E-state index in [2.05, 4.69) is 24.4 Å². The minimum Gasteiger partial charge on any atom is -0.496 e. The van der Waals surface area contributed by atoms with Crippen molar-refractivity contribution in [1.29, 1.82) is 0 Å². The van der Waals surface area contributed by atoms with Crippen LogP contribution in [-0.2, 0) is 24.2 Å². The molecule has 20 heavy (non-hydrogen) atoms. The lowest BCUT2D eigenvalue weighted by Gasteiger charge is -2.08. The Kier molecular flexibility index (Phi) is 5.18. The summed E-state index contributed by atoms with van der Waals surface area (Å²) in [5, 5.41) is 2.95. The highest BCUT2D eigenvalue weighted by atomic mass is 32.1. The van der Waals surface area contributed by atoms with Gasteiger partial charge in [0, 0.05) is 15.3 Å². The molecule has 0 atom stereocenters. The average molecular weight is 289 g/mol. The number of hydrogen-bond acceptors (Lipinski definition) is 3. The molecule has 0 spiro atoms. The molecule has 0 aliphatic carbocycles. The van der Waals surface area contributed by atoms with Crippen LogP contribution >= 0.6 is 11.3 Å². The third-order valence-electron chi connectivity index (χ3n) is 3.07. The molecule has 106 valence electrons. The number of benzene rings is 1. The number of amides is 1. The Morgan fingerprint density at radius 3 is 2.65 bits per heavy atom. The first kappa shape index (κ1) is 14.6. The Hall–Kier alpha value is -1.81. The van der Waals surface area contributed by atoms with E-state index >= 15 is 0 Å². The van der Waals surface area contributed by atoms with Crippen molar-refractivity contribution in [3.63, 3.8) is 0 Å². The van der Waals surface area contributed by atoms with Gasteiger partial charge in [-0.05, 0) is 24.6 Å². The van der Waals surface area contributed by atoms with E-state index in [-0.39, 0.29) is 5.91 Å². The summed E-state index contributed by atoms with van der Waals surface area (Å²) in [7, 11) is 1.62. The lowest BCUT2D eigenvalue weighted by molar-refractivity contribution is -0.120. The summed E-state index contributed by atoms with van der Waals surface area (Å²) in [5.74, 6) is 0.771. The van der Waals surface area contributed by atoms with Crippen LogP contribution in [0.1, 0.15) is 22.2 Å². The second kappa shape index (κ2) is 7.10. The first-order valence-electron chi connectivity index (χ1n) is 6.69. The van der Waals surface area contributed by atoms with E-state index in [0.717, 1.165) is 17.7 Å². The normalized spacial score (nSPS) is 10.3. The molecule has 4 heteroatoms. The van der Waals surface area contributed by atoms with Crippen molar-refractivity contribution in [1.82, 2.24) is 5.32 Å². The molecule has 0 radical (unpaired) electrons. The van der Waals surface area contributed by atoms with E-state index in [4.69, 9.17) is 4.74 Å². The van der Waals surface area contributed by atoms with Crippen molar-refractivity contribution in [2.45, 2.75) is 26.3 Å². The predicted octanol–water partition coefficient (Wildman–Crippen LogP) is 3.18. The molecule has 1 N–H and O–H groups in total. The molecule has 0 saturated carbocycles. The molecule has 2 rings (SSSR count). The highest BCUT2D eigenvalue weighted by Gasteiger charge is 2.08. The molecule has 0 unspecified atom stereocenters. The number of aryl methyl sites for hydroxylation is 1. The predicted molar refractivity (Wildman–Crippen MR) is 82.2 cm³/mol. The lowest BCUT2D eigenvalue weighted by Crippen LogP contribution is -2.24. The largest absolute Gasteiger partial charge is 0.496 e. The maximum atomic E-state index is 12.0. The Morgan fingerprint density at radius 1 is 1.20 bits per heavy atom. The van der Waals surface area contributed by atoms with Gasteiger partial charge in [0.05, 0.1) is 20.1 Å². The second-order valence-corrected chi connectivity index (χ2v) is 5.74. The van der Waals surface area contributed by atoms with Crippen molar-refractivity contribution in [3.05, 3.63) is 51.7 Å². The SMILES string of the molecule is CCc1ccc(CNC(=O)Cc2ccccc2OC)s1. The maximum Gasteiger partial charge on any atom is 0.224 e. The molecule has 0 bridgehead atoms. The third kappa shape index (κ3) is 3.84. The number of hydrogen-bond donors (Lipinski definition) is 1. The molecule has 0 aliphatic rings. The van der Waals surface area contributed by atoms with Crippen molar-refractivity contribution in [2.24, 2.45) is 0 Å². The molecule has 0 saturated heterocycles. The summed E-state index contributed by atoms with van der Waals surface area (Å²) in [5.41, 5.74) is 0.910. The van der Waals surface area contributed by atoms with Crippen LogP contribution in [0.2, 0.25) is 0 Å². The zero-order valence-corrected chi connectivity index (χ0v) is 12.6. The van der Waals surface area contributed by atoms with Gasteiger partial charge in [0.25, 0.3) is 0 Å². The fourth-order valence-electron chi connectivity index (χ4n) is 1.98. The standard InChI is InChI=1S/C16H19NO2S/c1-3-13-8-9-14(20-13)11-17-16(18)10-12-6-4-5-7-15(12)19-2/h4-9H,3,10-11H2,1-2H3,(H,17,18). The summed E-state index contributed by atoms with van der Waals surface area (Å²) in [4.78, 5) is 14.5. The van der Waals surface area contributed by atoms with Crippen molar-refractivity contribution < 1.29 is 9.53 Å². The molecule has 1 aromatic heterocycles. The van der Waals surface area contributed by atoms with Crippen molar-refractivity contribution >= 4 is 17.2 Å². The van der Waals surface area contributed by atoms with E-state index in [1.54, 1.807) is 18.4 Å². The van der Waals surface area contributed by atoms with Gasteiger partial charge in [-0.1, -0.05) is 25.1 Å². The summed E-state index contributed by atoms with van der Waals surface area (Å²) < 4.78 is 5.25. The third-order valence-corrected chi connectivity index (χ3v) is 4.30. The number of methoxy groups -OCH3 is 1. The van der Waals surface area contributed by atoms with Gasteiger partial charge >= 0.3 is 0 Å². The molecule has 1 amide bonds. The van der Waals surface area contributed by atoms with Gasteiger partial charge in [0.15, 0.2) is 0 Å². The van der Waals surface area contributed by atoms with E-state index in [0.29, 0.717) is 13.0 Å². The number of carbonyl (C=O) groups excluding carboxylic acids is 1. The fraction of sp³-hybridized carbons (Fsp3) is 0.312. The highest BCUT2D eigenvalue weighted by molar-refractivity contribution is 7.11. The van der Waals surface area contributed by atoms with Crippen LogP contribution in [0, 0.1) is 0 Å². The van der Waals surface area contributed by atoms with E-state index < -0.39 is 0 Å². The zero-order chi connectivity index (χ0) is 14.4. The van der Waals surface area contributed by atoms with Crippen LogP contribution in [-0.4, -0.2) is 13.0 Å². The molecule has 3 nitrogen and oxygen atoms in total. The fourth-order valence-corrected chi connectivity index (χ4v) is 2.88. The summed E-state index contributed by atoms with van der Waals surface area (Å²) >= 11 is 1.75. The summed E-state index contributed by atoms with van der Waals surface area (Å²) in [6, 6.07) is 11.8. The minimum absolute atomic E-state index is 0.0148. The topological polar surface area (TPSA) is 38.3 Å². The van der Waals surface area contributed by atoms with Crippen LogP contribution in [0.3, 0.4) is 0 Å². The van der Waals surface area contributed by atoms with Crippen LogP contribution in [0.25, 0.3) is 0 Å².